The molecule has 0 amide bonds. The van der Waals surface area contributed by atoms with Gasteiger partial charge in [-0.2, -0.15) is 4.98 Å². The monoisotopic (exact) mass is 398 g/mol. The van der Waals surface area contributed by atoms with Crippen molar-refractivity contribution in [1.82, 2.24) is 9.97 Å². The molecule has 3 heterocycles. The number of anilines is 1. The van der Waals surface area contributed by atoms with Gasteiger partial charge in [-0.3, -0.25) is 0 Å². The number of aromatic nitrogens is 2. The van der Waals surface area contributed by atoms with Crippen LogP contribution in [0.4, 0.5) is 5.82 Å². The summed E-state index contributed by atoms with van der Waals surface area (Å²) in [5, 5.41) is 3.59. The first-order chi connectivity index (χ1) is 13.1. The molecule has 3 aromatic rings. The maximum absolute atomic E-state index is 6.27. The fraction of sp³-hybridized carbons (Fsp3) is 0.200. The molecule has 7 heteroatoms. The number of allylic oxidation sites excluding steroid dienone is 2. The average Bonchev–Trinajstić information content (AvgIpc) is 3.07. The van der Waals surface area contributed by atoms with Crippen LogP contribution in [0.25, 0.3) is 21.3 Å². The van der Waals surface area contributed by atoms with E-state index in [1.54, 1.807) is 17.6 Å². The Labute approximate surface area is 166 Å². The van der Waals surface area contributed by atoms with E-state index in [-0.39, 0.29) is 11.3 Å². The van der Waals surface area contributed by atoms with E-state index in [1.165, 1.54) is 0 Å². The van der Waals surface area contributed by atoms with Crippen LogP contribution in [-0.2, 0) is 4.74 Å². The van der Waals surface area contributed by atoms with E-state index in [2.05, 4.69) is 27.4 Å². The Bertz CT molecular complexity index is 1030. The van der Waals surface area contributed by atoms with Crippen LogP contribution in [0.1, 0.15) is 17.8 Å². The molecule has 0 unspecified atom stereocenters. The number of ether oxygens (including phenoxy) is 1. The molecule has 0 aliphatic carbocycles. The van der Waals surface area contributed by atoms with Crippen molar-refractivity contribution in [2.24, 2.45) is 5.73 Å². The lowest BCUT2D eigenvalue weighted by Crippen LogP contribution is -2.11. The maximum Gasteiger partial charge on any atom is 0.224 e. The highest BCUT2D eigenvalue weighted by Crippen LogP contribution is 2.43. The highest BCUT2D eigenvalue weighted by molar-refractivity contribution is 7.20. The third kappa shape index (κ3) is 3.69. The van der Waals surface area contributed by atoms with E-state index in [9.17, 15) is 0 Å². The van der Waals surface area contributed by atoms with Crippen molar-refractivity contribution in [3.63, 3.8) is 0 Å². The lowest BCUT2D eigenvalue weighted by Gasteiger charge is -2.12. The van der Waals surface area contributed by atoms with Gasteiger partial charge in [-0.05, 0) is 35.7 Å². The second-order valence-corrected chi connectivity index (χ2v) is 7.72. The molecular weight excluding hydrogens is 380 g/mol. The second-order valence-electron chi connectivity index (χ2n) is 6.33. The molecule has 27 heavy (non-hydrogen) atoms. The van der Waals surface area contributed by atoms with Crippen molar-refractivity contribution in [2.75, 3.05) is 18.5 Å². The molecule has 1 aliphatic rings. The van der Waals surface area contributed by atoms with Crippen LogP contribution in [0.3, 0.4) is 0 Å². The van der Waals surface area contributed by atoms with Gasteiger partial charge in [-0.1, -0.05) is 36.4 Å². The number of nitrogens with two attached hydrogens (primary N) is 1. The van der Waals surface area contributed by atoms with Crippen molar-refractivity contribution in [2.45, 2.75) is 13.0 Å². The minimum Gasteiger partial charge on any atom is -0.497 e. The molecule has 0 radical (unpaired) electrons. The largest absolute Gasteiger partial charge is 0.497 e. The van der Waals surface area contributed by atoms with Crippen LogP contribution >= 0.6 is 22.9 Å². The second kappa shape index (κ2) is 7.68. The fourth-order valence-corrected chi connectivity index (χ4v) is 4.38. The Hall–Kier alpha value is -2.41. The molecule has 5 nitrogen and oxygen atoms in total. The van der Waals surface area contributed by atoms with Crippen LogP contribution in [-0.4, -0.2) is 23.1 Å². The summed E-state index contributed by atoms with van der Waals surface area (Å²) < 4.78 is 6.29. The molecule has 0 bridgehead atoms. The molecular formula is C20H19ClN4OS. The Morgan fingerprint density at radius 1 is 1.30 bits per heavy atom. The lowest BCUT2D eigenvalue weighted by atomic mass is 10.0. The number of rotatable bonds is 5. The number of hydrogen-bond acceptors (Lipinski definition) is 6. The summed E-state index contributed by atoms with van der Waals surface area (Å²) in [5.74, 6) is 0.717. The summed E-state index contributed by atoms with van der Waals surface area (Å²) in [6, 6.07) is 10.0. The first-order valence-electron chi connectivity index (χ1n) is 8.64. The summed E-state index contributed by atoms with van der Waals surface area (Å²) in [6.45, 7) is 3.17. The molecule has 1 aliphatic heterocycles. The standard InChI is InChI=1S/C20H19ClN4OS/c1-12(22)17-15(14-7-3-2-4-8-14)16-18(27-17)19(25-20(21)24-16)23-10-13-6-5-9-26-11-13/h2-9,12H,10-11,22H2,1H3,(H,23,24,25)/t12-/m0/s1. The summed E-state index contributed by atoms with van der Waals surface area (Å²) in [4.78, 5) is 10.0. The molecule has 0 saturated carbocycles. The average molecular weight is 399 g/mol. The minimum atomic E-state index is -0.120. The van der Waals surface area contributed by atoms with E-state index >= 15 is 0 Å². The summed E-state index contributed by atoms with van der Waals surface area (Å²) in [5.41, 5.74) is 10.3. The van der Waals surface area contributed by atoms with Crippen molar-refractivity contribution in [3.8, 4) is 11.1 Å². The predicted molar refractivity (Wildman–Crippen MR) is 112 cm³/mol. The molecule has 0 spiro atoms. The molecule has 0 fully saturated rings. The third-order valence-corrected chi connectivity index (χ3v) is 5.82. The molecule has 0 saturated heterocycles. The third-order valence-electron chi connectivity index (χ3n) is 4.27. The van der Waals surface area contributed by atoms with Crippen LogP contribution in [0.2, 0.25) is 5.28 Å². The molecule has 3 N–H and O–H groups in total. The summed E-state index contributed by atoms with van der Waals surface area (Å²) in [6.07, 6.45) is 5.60. The van der Waals surface area contributed by atoms with E-state index in [1.807, 2.05) is 37.3 Å². The quantitative estimate of drug-likeness (QED) is 0.597. The number of hydrogen-bond donors (Lipinski definition) is 2. The van der Waals surface area contributed by atoms with Crippen molar-refractivity contribution in [1.29, 1.82) is 0 Å². The lowest BCUT2D eigenvalue weighted by molar-refractivity contribution is 0.275. The van der Waals surface area contributed by atoms with Gasteiger partial charge >= 0.3 is 0 Å². The Morgan fingerprint density at radius 2 is 2.11 bits per heavy atom. The molecule has 1 atom stereocenters. The molecule has 4 rings (SSSR count). The van der Waals surface area contributed by atoms with Crippen molar-refractivity contribution >= 4 is 39.0 Å². The number of benzene rings is 1. The zero-order valence-corrected chi connectivity index (χ0v) is 16.3. The smallest absolute Gasteiger partial charge is 0.224 e. The molecule has 138 valence electrons. The van der Waals surface area contributed by atoms with Gasteiger partial charge < -0.3 is 15.8 Å². The number of nitrogens with one attached hydrogen (secondary N) is 1. The van der Waals surface area contributed by atoms with E-state index in [4.69, 9.17) is 22.1 Å². The van der Waals surface area contributed by atoms with E-state index in [0.717, 1.165) is 37.6 Å². The highest BCUT2D eigenvalue weighted by Gasteiger charge is 2.21. The molecule has 1 aromatic carbocycles. The van der Waals surface area contributed by atoms with Gasteiger partial charge in [0.05, 0.1) is 16.5 Å². The number of halogens is 1. The molecule has 2 aromatic heterocycles. The zero-order chi connectivity index (χ0) is 18.8. The van der Waals surface area contributed by atoms with Crippen LogP contribution in [0.5, 0.6) is 0 Å². The van der Waals surface area contributed by atoms with Gasteiger partial charge in [-0.25, -0.2) is 4.98 Å². The minimum absolute atomic E-state index is 0.120. The highest BCUT2D eigenvalue weighted by atomic mass is 35.5. The Morgan fingerprint density at radius 3 is 2.81 bits per heavy atom. The van der Waals surface area contributed by atoms with Crippen LogP contribution < -0.4 is 11.1 Å². The number of thiophene rings is 1. The van der Waals surface area contributed by atoms with Crippen LogP contribution in [0, 0.1) is 0 Å². The van der Waals surface area contributed by atoms with Crippen molar-refractivity contribution < 1.29 is 4.74 Å². The zero-order valence-electron chi connectivity index (χ0n) is 14.8. The maximum atomic E-state index is 6.27. The van der Waals surface area contributed by atoms with Crippen LogP contribution in [0.15, 0.2) is 54.3 Å². The summed E-state index contributed by atoms with van der Waals surface area (Å²) in [7, 11) is 0. The van der Waals surface area contributed by atoms with Gasteiger partial charge in [0.15, 0.2) is 0 Å². The normalized spacial score (nSPS) is 14.7. The first kappa shape index (κ1) is 18.0. The van der Waals surface area contributed by atoms with E-state index < -0.39 is 0 Å². The van der Waals surface area contributed by atoms with Gasteiger partial charge in [0.25, 0.3) is 0 Å². The van der Waals surface area contributed by atoms with E-state index in [0.29, 0.717) is 13.2 Å². The number of nitrogens with zero attached hydrogens (tertiary/aromatic N) is 2. The van der Waals surface area contributed by atoms with Gasteiger partial charge in [-0.15, -0.1) is 11.3 Å². The van der Waals surface area contributed by atoms with Gasteiger partial charge in [0.1, 0.15) is 12.4 Å². The SMILES string of the molecule is C[C@H](N)c1sc2c(NCC3=CC=COC3)nc(Cl)nc2c1-c1ccccc1. The predicted octanol–water partition coefficient (Wildman–Crippen LogP) is 4.91. The first-order valence-corrected chi connectivity index (χ1v) is 9.84. The topological polar surface area (TPSA) is 73.1 Å². The number of fused-ring (bicyclic) bond motifs is 1. The van der Waals surface area contributed by atoms with Gasteiger partial charge in [0.2, 0.25) is 5.28 Å². The Kier molecular flexibility index (Phi) is 5.11. The van der Waals surface area contributed by atoms with Crippen molar-refractivity contribution in [3.05, 3.63) is 64.5 Å². The summed E-state index contributed by atoms with van der Waals surface area (Å²) >= 11 is 7.87. The van der Waals surface area contributed by atoms with Gasteiger partial charge in [0, 0.05) is 23.0 Å². The Balaban J connectivity index is 1.81. The fourth-order valence-electron chi connectivity index (χ4n) is 3.03.